The van der Waals surface area contributed by atoms with Crippen molar-refractivity contribution in [3.8, 4) is 0 Å². The van der Waals surface area contributed by atoms with Gasteiger partial charge in [-0.3, -0.25) is 14.5 Å². The maximum atomic E-state index is 13.0. The summed E-state index contributed by atoms with van der Waals surface area (Å²) in [4.78, 5) is 48.0. The minimum Gasteiger partial charge on any atom is -0.543 e. The minimum absolute atomic E-state index is 0. The van der Waals surface area contributed by atoms with Crippen molar-refractivity contribution in [2.24, 2.45) is 5.16 Å². The molecule has 190 valence electrons. The SMILES string of the molecule is Br.CO/N=C(\C(=O)N[C@@H]1C(=O)N2C(C(=O)[O-])=C(C[n+]3cccc4c3CCC4)CS[C@H]12)c1csc(N)n1. The number of thiazole rings is 1. The van der Waals surface area contributed by atoms with Crippen LogP contribution in [0.2, 0.25) is 0 Å². The topological polar surface area (TPSA) is 154 Å². The van der Waals surface area contributed by atoms with Gasteiger partial charge in [0.25, 0.3) is 11.8 Å². The fraction of sp³-hybridized carbons (Fsp3) is 0.364. The predicted octanol–water partition coefficient (Wildman–Crippen LogP) is -0.466. The van der Waals surface area contributed by atoms with E-state index in [-0.39, 0.29) is 39.2 Å². The molecule has 2 aliphatic heterocycles. The monoisotopic (exact) mass is 594 g/mol. The van der Waals surface area contributed by atoms with E-state index >= 15 is 0 Å². The number of anilines is 1. The summed E-state index contributed by atoms with van der Waals surface area (Å²) in [6.45, 7) is 0.364. The number of thioether (sulfide) groups is 1. The van der Waals surface area contributed by atoms with Gasteiger partial charge in [-0.2, -0.15) is 4.57 Å². The zero-order valence-electron chi connectivity index (χ0n) is 19.1. The van der Waals surface area contributed by atoms with Crippen LogP contribution >= 0.6 is 40.1 Å². The van der Waals surface area contributed by atoms with Crippen LogP contribution in [0.3, 0.4) is 0 Å². The highest BCUT2D eigenvalue weighted by molar-refractivity contribution is 8.93. The second-order valence-corrected chi connectivity index (χ2v) is 10.3. The van der Waals surface area contributed by atoms with Gasteiger partial charge in [0.05, 0.1) is 11.7 Å². The zero-order valence-corrected chi connectivity index (χ0v) is 22.5. The maximum absolute atomic E-state index is 13.0. The smallest absolute Gasteiger partial charge is 0.276 e. The standard InChI is InChI=1S/C22H22N6O5S2.BrH/c1-33-26-15(13-10-35-22(23)24-13)18(29)25-16-19(30)28-17(21(31)32)12(9-34-20(16)28)8-27-7-3-5-11-4-2-6-14(11)27;/h3,5,7,10,16,20H,2,4,6,8-9H2,1H3,(H3-,23,24,25,29,31,32);1H/b26-15-;/t16-,20-;/m1./s1. The Kier molecular flexibility index (Phi) is 7.66. The average Bonchev–Trinajstić information content (AvgIpc) is 3.49. The number of nitrogen functional groups attached to an aromatic ring is 1. The van der Waals surface area contributed by atoms with E-state index in [2.05, 4.69) is 26.1 Å². The number of oxime groups is 1. The van der Waals surface area contributed by atoms with E-state index in [1.165, 1.54) is 35.0 Å². The molecule has 3 aliphatic rings. The first-order chi connectivity index (χ1) is 16.9. The first kappa shape index (κ1) is 26.1. The van der Waals surface area contributed by atoms with Gasteiger partial charge < -0.3 is 25.8 Å². The summed E-state index contributed by atoms with van der Waals surface area (Å²) in [5, 5.41) is 19.7. The molecule has 14 heteroatoms. The molecule has 0 unspecified atom stereocenters. The van der Waals surface area contributed by atoms with Gasteiger partial charge in [-0.05, 0) is 18.9 Å². The molecule has 4 heterocycles. The van der Waals surface area contributed by atoms with E-state index in [9.17, 15) is 19.5 Å². The van der Waals surface area contributed by atoms with Gasteiger partial charge >= 0.3 is 0 Å². The second-order valence-electron chi connectivity index (χ2n) is 8.26. The fourth-order valence-corrected chi connectivity index (χ4v) is 6.54. The number of halogens is 1. The summed E-state index contributed by atoms with van der Waals surface area (Å²) >= 11 is 2.53. The molecule has 0 saturated carbocycles. The van der Waals surface area contributed by atoms with Crippen molar-refractivity contribution in [2.45, 2.75) is 37.2 Å². The van der Waals surface area contributed by atoms with Crippen LogP contribution < -0.4 is 20.7 Å². The Morgan fingerprint density at radius 1 is 1.42 bits per heavy atom. The molecular weight excluding hydrogens is 572 g/mol. The summed E-state index contributed by atoms with van der Waals surface area (Å²) in [7, 11) is 1.29. The van der Waals surface area contributed by atoms with Crippen molar-refractivity contribution in [1.29, 1.82) is 0 Å². The number of carbonyl (C=O) groups excluding carboxylic acids is 3. The van der Waals surface area contributed by atoms with Crippen LogP contribution in [0.15, 0.2) is 40.1 Å². The Bertz CT molecular complexity index is 1300. The first-order valence-electron chi connectivity index (χ1n) is 10.9. The van der Waals surface area contributed by atoms with Crippen molar-refractivity contribution in [2.75, 3.05) is 18.6 Å². The largest absolute Gasteiger partial charge is 0.543 e. The number of aliphatic carboxylic acids is 1. The van der Waals surface area contributed by atoms with Crippen LogP contribution in [0, 0.1) is 0 Å². The van der Waals surface area contributed by atoms with E-state index in [0.29, 0.717) is 17.9 Å². The molecule has 2 atom stereocenters. The predicted molar refractivity (Wildman–Crippen MR) is 136 cm³/mol. The molecule has 2 aromatic rings. The molecule has 2 aromatic heterocycles. The Hall–Kier alpha value is -2.97. The normalized spacial score (nSPS) is 20.8. The van der Waals surface area contributed by atoms with Crippen LogP contribution in [-0.4, -0.2) is 57.7 Å². The van der Waals surface area contributed by atoms with Gasteiger partial charge in [0.2, 0.25) is 0 Å². The molecule has 5 rings (SSSR count). The van der Waals surface area contributed by atoms with Gasteiger partial charge in [-0.15, -0.1) is 40.1 Å². The van der Waals surface area contributed by atoms with Crippen molar-refractivity contribution in [3.05, 3.63) is 51.9 Å². The van der Waals surface area contributed by atoms with Crippen LogP contribution in [-0.2, 0) is 38.6 Å². The second kappa shape index (κ2) is 10.6. The average molecular weight is 596 g/mol. The number of fused-ring (bicyclic) bond motifs is 2. The van der Waals surface area contributed by atoms with Gasteiger partial charge in [0.15, 0.2) is 29.3 Å². The van der Waals surface area contributed by atoms with Crippen molar-refractivity contribution in [1.82, 2.24) is 15.2 Å². The molecule has 1 fully saturated rings. The lowest BCUT2D eigenvalue weighted by atomic mass is 10.0. The summed E-state index contributed by atoms with van der Waals surface area (Å²) in [6.07, 6.45) is 4.94. The molecule has 0 radical (unpaired) electrons. The number of nitrogens with zero attached hydrogens (tertiary/aromatic N) is 4. The van der Waals surface area contributed by atoms with Crippen molar-refractivity contribution >= 4 is 68.7 Å². The summed E-state index contributed by atoms with van der Waals surface area (Å²) in [6, 6.07) is 3.12. The number of amides is 2. The molecule has 3 N–H and O–H groups in total. The number of carboxylic acid groups (broad SMARTS) is 1. The van der Waals surface area contributed by atoms with Crippen LogP contribution in [0.5, 0.6) is 0 Å². The number of pyridine rings is 1. The van der Waals surface area contributed by atoms with Gasteiger partial charge in [0, 0.05) is 34.8 Å². The highest BCUT2D eigenvalue weighted by atomic mass is 79.9. The summed E-state index contributed by atoms with van der Waals surface area (Å²) < 4.78 is 2.05. The van der Waals surface area contributed by atoms with Gasteiger partial charge in [-0.1, -0.05) is 5.16 Å². The highest BCUT2D eigenvalue weighted by Crippen LogP contribution is 2.40. The van der Waals surface area contributed by atoms with E-state index in [1.54, 1.807) is 5.38 Å². The third-order valence-corrected chi connectivity index (χ3v) is 8.20. The zero-order chi connectivity index (χ0) is 24.7. The molecule has 2 amide bonds. The van der Waals surface area contributed by atoms with Crippen LogP contribution in [0.1, 0.15) is 23.4 Å². The van der Waals surface area contributed by atoms with Crippen LogP contribution in [0.4, 0.5) is 5.13 Å². The number of aryl methyl sites for hydroxylation is 1. The number of hydrogen-bond donors (Lipinski definition) is 2. The summed E-state index contributed by atoms with van der Waals surface area (Å²) in [5.41, 5.74) is 8.69. The van der Waals surface area contributed by atoms with Gasteiger partial charge in [-0.25, -0.2) is 4.98 Å². The maximum Gasteiger partial charge on any atom is 0.276 e. The van der Waals surface area contributed by atoms with Gasteiger partial charge in [0.1, 0.15) is 24.2 Å². The number of carbonyl (C=O) groups is 3. The lowest BCUT2D eigenvalue weighted by Gasteiger charge is -2.50. The molecular formula is C22H23BrN6O5S2. The number of hydrogen-bond acceptors (Lipinski definition) is 10. The number of nitrogens with one attached hydrogen (secondary N) is 1. The Labute approximate surface area is 225 Å². The van der Waals surface area contributed by atoms with E-state index in [4.69, 9.17) is 10.6 Å². The lowest BCUT2D eigenvalue weighted by molar-refractivity contribution is -0.696. The molecule has 36 heavy (non-hydrogen) atoms. The van der Waals surface area contributed by atoms with Crippen LogP contribution in [0.25, 0.3) is 0 Å². The molecule has 0 spiro atoms. The fourth-order valence-electron chi connectivity index (χ4n) is 4.66. The van der Waals surface area contributed by atoms with E-state index in [0.717, 1.165) is 30.6 Å². The number of rotatable bonds is 7. The van der Waals surface area contributed by atoms with E-state index < -0.39 is 29.2 Å². The Morgan fingerprint density at radius 2 is 2.22 bits per heavy atom. The highest BCUT2D eigenvalue weighted by Gasteiger charge is 2.53. The molecule has 0 aromatic carbocycles. The number of aromatic nitrogens is 2. The Balaban J connectivity index is 0.00000304. The molecule has 1 aliphatic carbocycles. The third kappa shape index (κ3) is 4.60. The van der Waals surface area contributed by atoms with Crippen molar-refractivity contribution in [3.63, 3.8) is 0 Å². The first-order valence-corrected chi connectivity index (χ1v) is 12.8. The number of β-lactam (4-membered cyclic amide) rings is 1. The summed E-state index contributed by atoms with van der Waals surface area (Å²) in [5.74, 6) is -2.21. The third-order valence-electron chi connectivity index (χ3n) is 6.19. The lowest BCUT2D eigenvalue weighted by Crippen LogP contribution is -2.71. The Morgan fingerprint density at radius 3 is 2.92 bits per heavy atom. The van der Waals surface area contributed by atoms with E-state index in [1.807, 2.05) is 12.3 Å². The molecule has 0 bridgehead atoms. The molecule has 1 saturated heterocycles. The number of carboxylic acids is 1. The minimum atomic E-state index is -1.41. The molecule has 11 nitrogen and oxygen atoms in total. The quantitative estimate of drug-likeness (QED) is 0.189. The number of nitrogens with two attached hydrogens (primary N) is 1. The van der Waals surface area contributed by atoms with Crippen molar-refractivity contribution < 1.29 is 28.9 Å².